The number of hydrogen-bond acceptors (Lipinski definition) is 3. The number of hydrogen-bond donors (Lipinski definition) is 1. The fourth-order valence-electron chi connectivity index (χ4n) is 7.58. The predicted molar refractivity (Wildman–Crippen MR) is 128 cm³/mol. The Morgan fingerprint density at radius 1 is 0.909 bits per heavy atom. The highest BCUT2D eigenvalue weighted by atomic mass is 16.5. The van der Waals surface area contributed by atoms with E-state index < -0.39 is 5.97 Å². The average Bonchev–Trinajstić information content (AvgIpc) is 2.77. The summed E-state index contributed by atoms with van der Waals surface area (Å²) in [7, 11) is 0. The van der Waals surface area contributed by atoms with Crippen LogP contribution in [0.25, 0.3) is 21.9 Å². The maximum absolute atomic E-state index is 12.9. The fourth-order valence-corrected chi connectivity index (χ4v) is 7.58. The van der Waals surface area contributed by atoms with E-state index in [0.717, 1.165) is 64.5 Å². The van der Waals surface area contributed by atoms with Crippen LogP contribution in [0, 0.1) is 17.8 Å². The van der Waals surface area contributed by atoms with E-state index in [1.807, 2.05) is 30.3 Å². The van der Waals surface area contributed by atoms with Gasteiger partial charge in [0.15, 0.2) is 0 Å². The normalized spacial score (nSPS) is 27.6. The van der Waals surface area contributed by atoms with Crippen LogP contribution in [0.2, 0.25) is 0 Å². The van der Waals surface area contributed by atoms with E-state index in [9.17, 15) is 14.7 Å². The molecule has 0 saturated heterocycles. The number of carbonyl (C=O) groups is 2. The molecule has 3 aromatic rings. The van der Waals surface area contributed by atoms with Crippen molar-refractivity contribution in [2.75, 3.05) is 0 Å². The average molecular weight is 441 g/mol. The molecule has 0 radical (unpaired) electrons. The summed E-state index contributed by atoms with van der Waals surface area (Å²) < 4.78 is 5.20. The molecule has 0 heterocycles. The molecule has 0 amide bonds. The molecule has 7 rings (SSSR count). The van der Waals surface area contributed by atoms with Gasteiger partial charge in [-0.25, -0.2) is 4.79 Å². The molecule has 4 aliphatic rings. The molecule has 0 aromatic heterocycles. The molecular weight excluding hydrogens is 412 g/mol. The molecule has 4 aliphatic carbocycles. The van der Waals surface area contributed by atoms with Gasteiger partial charge < -0.3 is 9.84 Å². The molecule has 33 heavy (non-hydrogen) atoms. The van der Waals surface area contributed by atoms with Gasteiger partial charge in [0.05, 0.1) is 5.56 Å². The van der Waals surface area contributed by atoms with Gasteiger partial charge in [-0.1, -0.05) is 36.4 Å². The lowest BCUT2D eigenvalue weighted by atomic mass is 9.47. The van der Waals surface area contributed by atoms with E-state index in [2.05, 4.69) is 12.1 Å². The largest absolute Gasteiger partial charge is 0.478 e. The number of carboxylic acid groups (broad SMARTS) is 1. The predicted octanol–water partition coefficient (Wildman–Crippen LogP) is 6.60. The van der Waals surface area contributed by atoms with Crippen LogP contribution in [0.1, 0.15) is 61.4 Å². The van der Waals surface area contributed by atoms with Crippen molar-refractivity contribution in [3.63, 3.8) is 0 Å². The molecule has 4 nitrogen and oxygen atoms in total. The third-order valence-electron chi connectivity index (χ3n) is 8.28. The Hall–Kier alpha value is -3.14. The van der Waals surface area contributed by atoms with Crippen LogP contribution in [-0.2, 0) is 10.2 Å². The van der Waals surface area contributed by atoms with E-state index in [1.165, 1.54) is 26.2 Å². The first-order chi connectivity index (χ1) is 15.9. The van der Waals surface area contributed by atoms with Gasteiger partial charge in [-0.3, -0.25) is 4.79 Å². The van der Waals surface area contributed by atoms with Crippen molar-refractivity contribution in [2.45, 2.75) is 50.9 Å². The van der Waals surface area contributed by atoms with Crippen LogP contribution in [0.3, 0.4) is 0 Å². The molecule has 0 aliphatic heterocycles. The zero-order valence-corrected chi connectivity index (χ0v) is 18.8. The van der Waals surface area contributed by atoms with E-state index in [0.29, 0.717) is 11.3 Å². The lowest BCUT2D eigenvalue weighted by Crippen LogP contribution is -2.49. The smallest absolute Gasteiger partial charge is 0.336 e. The third kappa shape index (κ3) is 3.35. The first-order valence-corrected chi connectivity index (χ1v) is 12.0. The highest BCUT2D eigenvalue weighted by molar-refractivity contribution is 6.09. The van der Waals surface area contributed by atoms with Gasteiger partial charge in [-0.05, 0) is 102 Å². The van der Waals surface area contributed by atoms with Crippen LogP contribution in [0.5, 0.6) is 5.75 Å². The standard InChI is InChI=1S/C29H28O4/c1-17(30)33-23-8-6-21(7-9-23)26-24-5-3-2-4-22(24)13-25(27(26)28(31)32)29-14-18-10-19(15-29)12-20(11-18)16-29/h2-9,13,18-20H,10-12,14-16H2,1H3,(H,31,32). The second-order valence-electron chi connectivity index (χ2n) is 10.5. The first kappa shape index (κ1) is 20.5. The Balaban J connectivity index is 1.59. The van der Waals surface area contributed by atoms with Crippen LogP contribution in [0.4, 0.5) is 0 Å². The number of carboxylic acids is 1. The molecule has 3 aromatic carbocycles. The number of fused-ring (bicyclic) bond motifs is 1. The summed E-state index contributed by atoms with van der Waals surface area (Å²) >= 11 is 0. The molecule has 1 N–H and O–H groups in total. The highest BCUT2D eigenvalue weighted by Crippen LogP contribution is 2.62. The zero-order valence-electron chi connectivity index (χ0n) is 18.8. The minimum Gasteiger partial charge on any atom is -0.478 e. The van der Waals surface area contributed by atoms with Gasteiger partial charge >= 0.3 is 11.9 Å². The molecule has 4 saturated carbocycles. The molecule has 0 spiro atoms. The number of ether oxygens (including phenoxy) is 1. The number of rotatable bonds is 4. The monoisotopic (exact) mass is 440 g/mol. The van der Waals surface area contributed by atoms with Gasteiger partial charge in [-0.2, -0.15) is 0 Å². The van der Waals surface area contributed by atoms with Crippen LogP contribution < -0.4 is 4.74 Å². The van der Waals surface area contributed by atoms with Crippen LogP contribution in [0.15, 0.2) is 54.6 Å². The van der Waals surface area contributed by atoms with E-state index in [-0.39, 0.29) is 11.4 Å². The van der Waals surface area contributed by atoms with Gasteiger partial charge in [0.2, 0.25) is 0 Å². The van der Waals surface area contributed by atoms with E-state index >= 15 is 0 Å². The van der Waals surface area contributed by atoms with Gasteiger partial charge in [0, 0.05) is 12.5 Å². The topological polar surface area (TPSA) is 63.6 Å². The van der Waals surface area contributed by atoms with Crippen LogP contribution in [-0.4, -0.2) is 17.0 Å². The van der Waals surface area contributed by atoms with Crippen molar-refractivity contribution in [1.82, 2.24) is 0 Å². The number of carbonyl (C=O) groups excluding carboxylic acids is 1. The minimum atomic E-state index is -0.856. The molecule has 4 bridgehead atoms. The summed E-state index contributed by atoms with van der Waals surface area (Å²) in [4.78, 5) is 24.2. The summed E-state index contributed by atoms with van der Waals surface area (Å²) in [5.74, 6) is 1.43. The van der Waals surface area contributed by atoms with Crippen molar-refractivity contribution in [2.24, 2.45) is 17.8 Å². The summed E-state index contributed by atoms with van der Waals surface area (Å²) in [6.07, 6.45) is 7.30. The number of benzene rings is 3. The number of aromatic carboxylic acids is 1. The van der Waals surface area contributed by atoms with Crippen molar-refractivity contribution in [3.05, 3.63) is 65.7 Å². The Bertz CT molecular complexity index is 1240. The molecular formula is C29H28O4. The molecule has 4 fully saturated rings. The summed E-state index contributed by atoms with van der Waals surface area (Å²) in [6, 6.07) is 17.5. The van der Waals surface area contributed by atoms with Crippen LogP contribution >= 0.6 is 0 Å². The van der Waals surface area contributed by atoms with Gasteiger partial charge in [0.1, 0.15) is 5.75 Å². The number of esters is 1. The quantitative estimate of drug-likeness (QED) is 0.367. The molecule has 0 unspecified atom stereocenters. The summed E-state index contributed by atoms with van der Waals surface area (Å²) in [5, 5.41) is 12.6. The fraction of sp³-hybridized carbons (Fsp3) is 0.379. The third-order valence-corrected chi connectivity index (χ3v) is 8.28. The highest BCUT2D eigenvalue weighted by Gasteiger charge is 2.53. The van der Waals surface area contributed by atoms with Crippen molar-refractivity contribution < 1.29 is 19.4 Å². The van der Waals surface area contributed by atoms with Crippen molar-refractivity contribution >= 4 is 22.7 Å². The SMILES string of the molecule is CC(=O)Oc1ccc(-c2c(C(=O)O)c(C34CC5CC(CC(C5)C3)C4)cc3ccccc23)cc1. The van der Waals surface area contributed by atoms with Gasteiger partial charge in [0.25, 0.3) is 0 Å². The Morgan fingerprint density at radius 3 is 2.09 bits per heavy atom. The molecule has 168 valence electrons. The second kappa shape index (κ2) is 7.44. The van der Waals surface area contributed by atoms with Crippen molar-refractivity contribution in [3.8, 4) is 16.9 Å². The van der Waals surface area contributed by atoms with Gasteiger partial charge in [-0.15, -0.1) is 0 Å². The Morgan fingerprint density at radius 2 is 1.52 bits per heavy atom. The minimum absolute atomic E-state index is 0.0288. The maximum atomic E-state index is 12.9. The molecule has 4 heteroatoms. The Kier molecular flexibility index (Phi) is 4.62. The summed E-state index contributed by atoms with van der Waals surface area (Å²) in [5.41, 5.74) is 3.08. The van der Waals surface area contributed by atoms with E-state index in [4.69, 9.17) is 4.74 Å². The lowest BCUT2D eigenvalue weighted by molar-refractivity contribution is -0.131. The van der Waals surface area contributed by atoms with E-state index in [1.54, 1.807) is 12.1 Å². The first-order valence-electron chi connectivity index (χ1n) is 12.0. The second-order valence-corrected chi connectivity index (χ2v) is 10.5. The summed E-state index contributed by atoms with van der Waals surface area (Å²) in [6.45, 7) is 1.37. The zero-order chi connectivity index (χ0) is 22.7. The Labute approximate surface area is 193 Å². The van der Waals surface area contributed by atoms with Crippen molar-refractivity contribution in [1.29, 1.82) is 0 Å². The lowest BCUT2D eigenvalue weighted by Gasteiger charge is -2.57. The molecule has 0 atom stereocenters. The maximum Gasteiger partial charge on any atom is 0.336 e.